The lowest BCUT2D eigenvalue weighted by molar-refractivity contribution is -0.113. The normalized spacial score (nSPS) is 18.1. The number of allylic oxidation sites excluding steroid dienone is 2. The van der Waals surface area contributed by atoms with Gasteiger partial charge in [0.25, 0.3) is 0 Å². The second kappa shape index (κ2) is 9.65. The van der Waals surface area contributed by atoms with Gasteiger partial charge in [-0.05, 0) is 60.6 Å². The third kappa shape index (κ3) is 3.90. The van der Waals surface area contributed by atoms with Crippen LogP contribution in [0.1, 0.15) is 48.1 Å². The van der Waals surface area contributed by atoms with E-state index < -0.39 is 0 Å². The topological polar surface area (TPSA) is 107 Å². The molecule has 4 aromatic rings. The van der Waals surface area contributed by atoms with Gasteiger partial charge in [-0.15, -0.1) is 0 Å². The minimum atomic E-state index is 0.00135. The second-order valence-electron chi connectivity index (χ2n) is 11.0. The van der Waals surface area contributed by atoms with Crippen molar-refractivity contribution in [3.05, 3.63) is 71.3 Å². The number of pyridine rings is 1. The number of nitrogens with zero attached hydrogens (tertiary/aromatic N) is 6. The van der Waals surface area contributed by atoms with Crippen LogP contribution < -0.4 is 0 Å². The molecule has 9 heteroatoms. The Balaban J connectivity index is 1.31. The Morgan fingerprint density at radius 1 is 1.10 bits per heavy atom. The van der Waals surface area contributed by atoms with Crippen molar-refractivity contribution in [3.63, 3.8) is 0 Å². The van der Waals surface area contributed by atoms with E-state index in [2.05, 4.69) is 15.6 Å². The van der Waals surface area contributed by atoms with Crippen LogP contribution in [0.3, 0.4) is 0 Å². The number of aliphatic hydroxyl groups is 1. The number of fused-ring (bicyclic) bond motifs is 1. The average Bonchev–Trinajstić information content (AvgIpc) is 3.65. The first-order chi connectivity index (χ1) is 19.6. The summed E-state index contributed by atoms with van der Waals surface area (Å²) in [6.45, 7) is 2.99. The third-order valence-corrected chi connectivity index (χ3v) is 8.74. The number of imidazole rings is 1. The van der Waals surface area contributed by atoms with Crippen LogP contribution in [-0.2, 0) is 17.9 Å². The quantitative estimate of drug-likeness (QED) is 0.426. The molecule has 7 rings (SSSR count). The zero-order chi connectivity index (χ0) is 27.4. The monoisotopic (exact) mass is 534 g/mol. The van der Waals surface area contributed by atoms with Crippen LogP contribution in [-0.4, -0.2) is 66.9 Å². The van der Waals surface area contributed by atoms with Gasteiger partial charge in [0.05, 0.1) is 29.0 Å². The van der Waals surface area contributed by atoms with Crippen LogP contribution in [0.15, 0.2) is 48.9 Å². The van der Waals surface area contributed by atoms with Gasteiger partial charge in [-0.1, -0.05) is 6.07 Å². The second-order valence-corrected chi connectivity index (χ2v) is 11.0. The molecular weight excluding hydrogens is 504 g/mol. The molecule has 0 spiro atoms. The van der Waals surface area contributed by atoms with Gasteiger partial charge in [0.2, 0.25) is 0 Å². The van der Waals surface area contributed by atoms with Crippen LogP contribution >= 0.6 is 0 Å². The molecule has 1 fully saturated rings. The summed E-state index contributed by atoms with van der Waals surface area (Å²) in [6.07, 6.45) is 8.55. The molecule has 2 aliphatic heterocycles. The Labute approximate surface area is 231 Å². The van der Waals surface area contributed by atoms with Gasteiger partial charge in [-0.25, -0.2) is 9.78 Å². The number of hydrogen-bond donors (Lipinski definition) is 1. The first-order valence-corrected chi connectivity index (χ1v) is 14.0. The highest BCUT2D eigenvalue weighted by atomic mass is 16.3. The van der Waals surface area contributed by atoms with Gasteiger partial charge >= 0.3 is 6.03 Å². The van der Waals surface area contributed by atoms with Gasteiger partial charge in [-0.3, -0.25) is 9.20 Å². The smallest absolute Gasteiger partial charge is 0.320 e. The Bertz CT molecular complexity index is 1750. The molecule has 0 atom stereocenters. The van der Waals surface area contributed by atoms with Crippen molar-refractivity contribution < 1.29 is 14.7 Å². The zero-order valence-electron chi connectivity index (χ0n) is 22.2. The summed E-state index contributed by atoms with van der Waals surface area (Å²) in [6, 6.07) is 11.9. The number of carbonyl (C=O) groups excluding carboxylic acids is 2. The van der Waals surface area contributed by atoms with Crippen molar-refractivity contribution in [2.75, 3.05) is 26.2 Å². The molecule has 5 heterocycles. The van der Waals surface area contributed by atoms with E-state index in [0.29, 0.717) is 56.7 Å². The van der Waals surface area contributed by atoms with E-state index in [1.54, 1.807) is 0 Å². The number of amides is 2. The molecule has 2 amide bonds. The van der Waals surface area contributed by atoms with Crippen molar-refractivity contribution in [1.82, 2.24) is 23.8 Å². The van der Waals surface area contributed by atoms with Crippen LogP contribution in [0.2, 0.25) is 0 Å². The number of hydrogen-bond acceptors (Lipinski definition) is 5. The van der Waals surface area contributed by atoms with Crippen molar-refractivity contribution in [1.29, 1.82) is 5.26 Å². The molecule has 202 valence electrons. The van der Waals surface area contributed by atoms with Crippen molar-refractivity contribution in [3.8, 4) is 6.07 Å². The molecular formula is C31H30N6O3. The maximum absolute atomic E-state index is 13.5. The van der Waals surface area contributed by atoms with E-state index in [1.165, 1.54) is 0 Å². The summed E-state index contributed by atoms with van der Waals surface area (Å²) in [5, 5.41) is 20.3. The first-order valence-electron chi connectivity index (χ1n) is 14.0. The molecule has 3 aliphatic rings. The van der Waals surface area contributed by atoms with E-state index in [1.807, 2.05) is 63.1 Å². The fraction of sp³-hybridized carbons (Fsp3) is 0.355. The molecule has 1 saturated heterocycles. The summed E-state index contributed by atoms with van der Waals surface area (Å²) in [5.41, 5.74) is 6.70. The van der Waals surface area contributed by atoms with Crippen molar-refractivity contribution in [2.45, 2.75) is 38.8 Å². The number of aromatic nitrogens is 3. The van der Waals surface area contributed by atoms with Crippen molar-refractivity contribution in [2.24, 2.45) is 5.92 Å². The average molecular weight is 535 g/mol. The zero-order valence-corrected chi connectivity index (χ0v) is 22.2. The van der Waals surface area contributed by atoms with Gasteiger partial charge in [0.15, 0.2) is 5.78 Å². The highest BCUT2D eigenvalue weighted by Gasteiger charge is 2.32. The number of carbonyl (C=O) groups is 2. The van der Waals surface area contributed by atoms with E-state index in [-0.39, 0.29) is 24.3 Å². The molecule has 0 bridgehead atoms. The van der Waals surface area contributed by atoms with Crippen LogP contribution in [0.4, 0.5) is 4.79 Å². The molecule has 1 N–H and O–H groups in total. The summed E-state index contributed by atoms with van der Waals surface area (Å²) in [4.78, 5) is 35.2. The summed E-state index contributed by atoms with van der Waals surface area (Å²) in [5.74, 6) is 0.362. The number of urea groups is 1. The lowest BCUT2D eigenvalue weighted by Crippen LogP contribution is -2.47. The molecule has 0 radical (unpaired) electrons. The summed E-state index contributed by atoms with van der Waals surface area (Å²) < 4.78 is 4.17. The third-order valence-electron chi connectivity index (χ3n) is 8.74. The van der Waals surface area contributed by atoms with Crippen molar-refractivity contribution >= 4 is 39.5 Å². The number of piperidine rings is 1. The molecule has 1 aliphatic carbocycles. The molecule has 9 nitrogen and oxygen atoms in total. The number of benzene rings is 1. The lowest BCUT2D eigenvalue weighted by Gasteiger charge is -2.35. The fourth-order valence-corrected chi connectivity index (χ4v) is 6.65. The predicted molar refractivity (Wildman–Crippen MR) is 150 cm³/mol. The number of aliphatic hydroxyl groups excluding tert-OH is 1. The Morgan fingerprint density at radius 2 is 1.95 bits per heavy atom. The Hall–Kier alpha value is -4.42. The number of nitriles is 1. The number of rotatable bonds is 3. The lowest BCUT2D eigenvalue weighted by atomic mass is 9.96. The predicted octanol–water partition coefficient (Wildman–Crippen LogP) is 4.07. The van der Waals surface area contributed by atoms with Gasteiger partial charge in [0.1, 0.15) is 5.65 Å². The fourth-order valence-electron chi connectivity index (χ4n) is 6.65. The van der Waals surface area contributed by atoms with Gasteiger partial charge < -0.3 is 19.5 Å². The van der Waals surface area contributed by atoms with E-state index in [0.717, 1.165) is 51.8 Å². The highest BCUT2D eigenvalue weighted by molar-refractivity contribution is 6.33. The van der Waals surface area contributed by atoms with Gasteiger partial charge in [0, 0.05) is 74.7 Å². The number of Topliss-reactive ketones (excluding diaryl/α,β-unsaturated/α-hetero) is 1. The van der Waals surface area contributed by atoms with Gasteiger partial charge in [-0.2, -0.15) is 5.26 Å². The summed E-state index contributed by atoms with van der Waals surface area (Å²) >= 11 is 0. The van der Waals surface area contributed by atoms with Crippen LogP contribution in [0.5, 0.6) is 0 Å². The van der Waals surface area contributed by atoms with E-state index in [9.17, 15) is 20.0 Å². The SMILES string of the molecule is N#Cc1cc2c3c(c1)c(C1=C(c4cnc5ccccn45)CCC1=O)cn3CCN(C(=O)N1CCC(CO)CC1)C2. The van der Waals surface area contributed by atoms with E-state index in [4.69, 9.17) is 0 Å². The Morgan fingerprint density at radius 3 is 2.75 bits per heavy atom. The number of ketones is 1. The van der Waals surface area contributed by atoms with E-state index >= 15 is 0 Å². The highest BCUT2D eigenvalue weighted by Crippen LogP contribution is 2.42. The standard InChI is InChI=1S/C31H30N6O3/c32-15-21-13-22-17-36(31(40)34-9-6-20(19-38)7-10-34)12-11-35-18-25(24(14-21)30(22)35)29-23(4-5-27(29)39)26-16-33-28-3-1-2-8-37(26)28/h1-3,8,13-14,16,18,20,38H,4-7,9-12,17,19H2. The Kier molecular flexibility index (Phi) is 5.93. The van der Waals surface area contributed by atoms with Crippen LogP contribution in [0, 0.1) is 17.2 Å². The first kappa shape index (κ1) is 24.6. The number of likely N-dealkylation sites (tertiary alicyclic amines) is 1. The molecule has 0 saturated carbocycles. The largest absolute Gasteiger partial charge is 0.396 e. The maximum Gasteiger partial charge on any atom is 0.320 e. The molecule has 0 unspecified atom stereocenters. The summed E-state index contributed by atoms with van der Waals surface area (Å²) in [7, 11) is 0. The molecule has 40 heavy (non-hydrogen) atoms. The molecule has 3 aromatic heterocycles. The molecule has 1 aromatic carbocycles. The minimum absolute atomic E-state index is 0.00135. The minimum Gasteiger partial charge on any atom is -0.396 e. The maximum atomic E-state index is 13.5. The van der Waals surface area contributed by atoms with Crippen LogP contribution in [0.25, 0.3) is 27.7 Å².